The van der Waals surface area contributed by atoms with Crippen LogP contribution in [0.4, 0.5) is 0 Å². The van der Waals surface area contributed by atoms with E-state index in [9.17, 15) is 9.59 Å². The second kappa shape index (κ2) is 15.3. The molecule has 0 radical (unpaired) electrons. The molecule has 0 saturated heterocycles. The zero-order chi connectivity index (χ0) is 26.6. The molecular formula is C29H31Cl3N2O2S. The molecule has 3 aromatic carbocycles. The number of thioether (sulfide) groups is 1. The summed E-state index contributed by atoms with van der Waals surface area (Å²) < 4.78 is 0. The lowest BCUT2D eigenvalue weighted by Gasteiger charge is -2.31. The van der Waals surface area contributed by atoms with Gasteiger partial charge in [0.25, 0.3) is 0 Å². The topological polar surface area (TPSA) is 49.4 Å². The standard InChI is InChI=1S/C29H31Cl3N2O2S/c1-2-3-14-33-29(36)27(17-21-8-5-4-6-9-21)34(18-22-10-7-11-24(30)15-22)28(35)20-37-19-23-12-13-25(31)26(32)16-23/h4-13,15-16,27H,2-3,14,17-20H2,1H3,(H,33,36)/t27-/m1/s1. The predicted molar refractivity (Wildman–Crippen MR) is 156 cm³/mol. The molecule has 4 nitrogen and oxygen atoms in total. The lowest BCUT2D eigenvalue weighted by molar-refractivity contribution is -0.139. The van der Waals surface area contributed by atoms with Gasteiger partial charge in [-0.1, -0.05) is 96.7 Å². The zero-order valence-corrected chi connectivity index (χ0v) is 23.8. The van der Waals surface area contributed by atoms with Crippen molar-refractivity contribution in [3.05, 3.63) is 105 Å². The van der Waals surface area contributed by atoms with Gasteiger partial charge in [0.2, 0.25) is 11.8 Å². The molecule has 8 heteroatoms. The Hall–Kier alpha value is -2.18. The van der Waals surface area contributed by atoms with Crippen molar-refractivity contribution in [1.29, 1.82) is 0 Å². The van der Waals surface area contributed by atoms with Gasteiger partial charge in [0.05, 0.1) is 15.8 Å². The molecule has 0 aliphatic rings. The minimum absolute atomic E-state index is 0.114. The van der Waals surface area contributed by atoms with Crippen LogP contribution in [0.1, 0.15) is 36.5 Å². The summed E-state index contributed by atoms with van der Waals surface area (Å²) in [4.78, 5) is 28.8. The van der Waals surface area contributed by atoms with Crippen LogP contribution in [0.3, 0.4) is 0 Å². The highest BCUT2D eigenvalue weighted by atomic mass is 35.5. The number of amides is 2. The Balaban J connectivity index is 1.83. The first-order chi connectivity index (χ1) is 17.9. The summed E-state index contributed by atoms with van der Waals surface area (Å²) >= 11 is 19.9. The second-order valence-electron chi connectivity index (χ2n) is 8.74. The van der Waals surface area contributed by atoms with Gasteiger partial charge < -0.3 is 10.2 Å². The largest absolute Gasteiger partial charge is 0.354 e. The van der Waals surface area contributed by atoms with Gasteiger partial charge in [0.15, 0.2) is 0 Å². The minimum atomic E-state index is -0.656. The Kier molecular flexibility index (Phi) is 12.1. The third-order valence-electron chi connectivity index (χ3n) is 5.82. The molecule has 196 valence electrons. The van der Waals surface area contributed by atoms with Gasteiger partial charge in [-0.3, -0.25) is 9.59 Å². The van der Waals surface area contributed by atoms with E-state index in [1.807, 2.05) is 60.7 Å². The van der Waals surface area contributed by atoms with E-state index in [0.29, 0.717) is 33.8 Å². The third kappa shape index (κ3) is 9.57. The normalized spacial score (nSPS) is 11.7. The van der Waals surface area contributed by atoms with Crippen molar-refractivity contribution in [1.82, 2.24) is 10.2 Å². The van der Waals surface area contributed by atoms with Crippen molar-refractivity contribution in [3.8, 4) is 0 Å². The van der Waals surface area contributed by atoms with E-state index in [4.69, 9.17) is 34.8 Å². The molecule has 0 heterocycles. The molecule has 2 amide bonds. The van der Waals surface area contributed by atoms with Gasteiger partial charge in [0, 0.05) is 30.3 Å². The Morgan fingerprint density at radius 2 is 1.65 bits per heavy atom. The summed E-state index contributed by atoms with van der Waals surface area (Å²) in [6.07, 6.45) is 2.27. The number of hydrogen-bond donors (Lipinski definition) is 1. The molecule has 0 aliphatic heterocycles. The molecule has 0 bridgehead atoms. The number of nitrogens with one attached hydrogen (secondary N) is 1. The van der Waals surface area contributed by atoms with E-state index < -0.39 is 6.04 Å². The summed E-state index contributed by atoms with van der Waals surface area (Å²) in [6.45, 7) is 2.94. The molecular weight excluding hydrogens is 547 g/mol. The average Bonchev–Trinajstić information content (AvgIpc) is 2.89. The Morgan fingerprint density at radius 1 is 0.892 bits per heavy atom. The van der Waals surface area contributed by atoms with Gasteiger partial charge in [-0.05, 0) is 47.4 Å². The molecule has 0 fully saturated rings. The van der Waals surface area contributed by atoms with Crippen molar-refractivity contribution in [2.75, 3.05) is 12.3 Å². The highest BCUT2D eigenvalue weighted by molar-refractivity contribution is 7.99. The number of benzene rings is 3. The third-order valence-corrected chi connectivity index (χ3v) is 7.78. The molecule has 0 aromatic heterocycles. The summed E-state index contributed by atoms with van der Waals surface area (Å²) in [7, 11) is 0. The van der Waals surface area contributed by atoms with E-state index in [2.05, 4.69) is 12.2 Å². The maximum absolute atomic E-state index is 13.7. The maximum atomic E-state index is 13.7. The number of hydrogen-bond acceptors (Lipinski definition) is 3. The summed E-state index contributed by atoms with van der Waals surface area (Å²) in [5.41, 5.74) is 2.84. The number of nitrogens with zero attached hydrogens (tertiary/aromatic N) is 1. The van der Waals surface area contributed by atoms with Crippen molar-refractivity contribution < 1.29 is 9.59 Å². The first-order valence-corrected chi connectivity index (χ1v) is 14.5. The quantitative estimate of drug-likeness (QED) is 0.215. The fourth-order valence-electron chi connectivity index (χ4n) is 3.86. The maximum Gasteiger partial charge on any atom is 0.243 e. The lowest BCUT2D eigenvalue weighted by atomic mass is 10.0. The van der Waals surface area contributed by atoms with Crippen LogP contribution in [0.15, 0.2) is 72.8 Å². The molecule has 3 rings (SSSR count). The van der Waals surface area contributed by atoms with Crippen LogP contribution in [0.25, 0.3) is 0 Å². The average molecular weight is 578 g/mol. The number of carbonyl (C=O) groups excluding carboxylic acids is 2. The molecule has 0 saturated carbocycles. The molecule has 0 unspecified atom stereocenters. The SMILES string of the molecule is CCCCNC(=O)[C@@H](Cc1ccccc1)N(Cc1cccc(Cl)c1)C(=O)CSCc1ccc(Cl)c(Cl)c1. The molecule has 37 heavy (non-hydrogen) atoms. The Bertz CT molecular complexity index is 1180. The van der Waals surface area contributed by atoms with E-state index in [1.165, 1.54) is 11.8 Å². The molecule has 0 spiro atoms. The second-order valence-corrected chi connectivity index (χ2v) is 11.0. The fourth-order valence-corrected chi connectivity index (χ4v) is 5.25. The van der Waals surface area contributed by atoms with Crippen molar-refractivity contribution >= 4 is 58.4 Å². The van der Waals surface area contributed by atoms with Crippen LogP contribution >= 0.6 is 46.6 Å². The molecule has 1 atom stereocenters. The molecule has 0 aliphatic carbocycles. The van der Waals surface area contributed by atoms with E-state index in [0.717, 1.165) is 29.5 Å². The highest BCUT2D eigenvalue weighted by Crippen LogP contribution is 2.25. The summed E-state index contributed by atoms with van der Waals surface area (Å²) in [5, 5.41) is 4.61. The predicted octanol–water partition coefficient (Wildman–Crippen LogP) is 7.44. The number of halogens is 3. The van der Waals surface area contributed by atoms with Crippen LogP contribution in [0, 0.1) is 0 Å². The fraction of sp³-hybridized carbons (Fsp3) is 0.310. The summed E-state index contributed by atoms with van der Waals surface area (Å²) in [5.74, 6) is 0.548. The Morgan fingerprint density at radius 3 is 2.35 bits per heavy atom. The van der Waals surface area contributed by atoms with E-state index in [1.54, 1.807) is 17.0 Å². The summed E-state index contributed by atoms with van der Waals surface area (Å²) in [6, 6.07) is 22.0. The molecule has 3 aromatic rings. The Labute approximate surface area is 238 Å². The number of carbonyl (C=O) groups is 2. The van der Waals surface area contributed by atoms with Gasteiger partial charge in [0.1, 0.15) is 6.04 Å². The van der Waals surface area contributed by atoms with Gasteiger partial charge in [-0.25, -0.2) is 0 Å². The highest BCUT2D eigenvalue weighted by Gasteiger charge is 2.30. The van der Waals surface area contributed by atoms with Crippen molar-refractivity contribution in [3.63, 3.8) is 0 Å². The number of rotatable bonds is 13. The minimum Gasteiger partial charge on any atom is -0.354 e. The zero-order valence-electron chi connectivity index (χ0n) is 20.8. The van der Waals surface area contributed by atoms with Crippen LogP contribution in [-0.2, 0) is 28.3 Å². The smallest absolute Gasteiger partial charge is 0.243 e. The monoisotopic (exact) mass is 576 g/mol. The van der Waals surface area contributed by atoms with Crippen LogP contribution in [-0.4, -0.2) is 35.1 Å². The molecule has 1 N–H and O–H groups in total. The van der Waals surface area contributed by atoms with E-state index in [-0.39, 0.29) is 24.1 Å². The van der Waals surface area contributed by atoms with Gasteiger partial charge >= 0.3 is 0 Å². The van der Waals surface area contributed by atoms with E-state index >= 15 is 0 Å². The van der Waals surface area contributed by atoms with Crippen LogP contribution in [0.2, 0.25) is 15.1 Å². The first-order valence-electron chi connectivity index (χ1n) is 12.2. The first kappa shape index (κ1) is 29.4. The van der Waals surface area contributed by atoms with Crippen molar-refractivity contribution in [2.24, 2.45) is 0 Å². The number of unbranched alkanes of at least 4 members (excludes halogenated alkanes) is 1. The van der Waals surface area contributed by atoms with Crippen LogP contribution in [0.5, 0.6) is 0 Å². The van der Waals surface area contributed by atoms with Gasteiger partial charge in [-0.2, -0.15) is 0 Å². The lowest BCUT2D eigenvalue weighted by Crippen LogP contribution is -2.51. The van der Waals surface area contributed by atoms with Crippen LogP contribution < -0.4 is 5.32 Å². The van der Waals surface area contributed by atoms with Crippen molar-refractivity contribution in [2.45, 2.75) is 44.5 Å². The van der Waals surface area contributed by atoms with Gasteiger partial charge in [-0.15, -0.1) is 11.8 Å².